The molecule has 0 spiro atoms. The minimum Gasteiger partial charge on any atom is -0.478 e. The highest BCUT2D eigenvalue weighted by Gasteiger charge is 2.52. The van der Waals surface area contributed by atoms with E-state index >= 15 is 0 Å². The van der Waals surface area contributed by atoms with Crippen LogP contribution in [0.1, 0.15) is 33.4 Å². The normalized spacial score (nSPS) is 19.3. The molecule has 3 aliphatic rings. The molecule has 5 aromatic rings. The molecular formula is C39H29NO2. The molecule has 0 amide bonds. The van der Waals surface area contributed by atoms with Gasteiger partial charge in [-0.2, -0.15) is 0 Å². The van der Waals surface area contributed by atoms with E-state index in [0.29, 0.717) is 6.54 Å². The van der Waals surface area contributed by atoms with E-state index in [1.807, 2.05) is 42.6 Å². The molecule has 202 valence electrons. The van der Waals surface area contributed by atoms with E-state index < -0.39 is 5.41 Å². The van der Waals surface area contributed by atoms with Gasteiger partial charge in [-0.15, -0.1) is 0 Å². The van der Waals surface area contributed by atoms with Gasteiger partial charge in [-0.1, -0.05) is 121 Å². The summed E-state index contributed by atoms with van der Waals surface area (Å²) in [7, 11) is 0. The number of benzene rings is 5. The summed E-state index contributed by atoms with van der Waals surface area (Å²) in [6, 6.07) is 46.8. The van der Waals surface area contributed by atoms with Gasteiger partial charge in [0.1, 0.15) is 0 Å². The van der Waals surface area contributed by atoms with Gasteiger partial charge in [0, 0.05) is 11.8 Å². The Morgan fingerprint density at radius 2 is 1.33 bits per heavy atom. The van der Waals surface area contributed by atoms with Crippen molar-refractivity contribution in [3.05, 3.63) is 185 Å². The number of aliphatic imine (C=N–C) groups is 1. The second-order valence-corrected chi connectivity index (χ2v) is 11.0. The fourth-order valence-electron chi connectivity index (χ4n) is 6.82. The minimum atomic E-state index is -0.453. The van der Waals surface area contributed by atoms with Crippen LogP contribution in [0.5, 0.6) is 11.5 Å². The predicted octanol–water partition coefficient (Wildman–Crippen LogP) is 8.19. The van der Waals surface area contributed by atoms with Gasteiger partial charge in [-0.25, -0.2) is 0 Å². The first kappa shape index (κ1) is 24.6. The zero-order valence-electron chi connectivity index (χ0n) is 23.1. The van der Waals surface area contributed by atoms with Crippen LogP contribution in [0, 0.1) is 0 Å². The molecule has 42 heavy (non-hydrogen) atoms. The highest BCUT2D eigenvalue weighted by molar-refractivity contribution is 5.91. The lowest BCUT2D eigenvalue weighted by Gasteiger charge is -2.39. The number of rotatable bonds is 5. The smallest absolute Gasteiger partial charge is 0.165 e. The van der Waals surface area contributed by atoms with Crippen LogP contribution in [-0.4, -0.2) is 18.4 Å². The van der Waals surface area contributed by atoms with Crippen molar-refractivity contribution in [2.24, 2.45) is 4.99 Å². The highest BCUT2D eigenvalue weighted by atomic mass is 16.6. The molecule has 0 aromatic heterocycles. The topological polar surface area (TPSA) is 30.8 Å². The van der Waals surface area contributed by atoms with Gasteiger partial charge in [0.05, 0.1) is 12.0 Å². The first-order valence-corrected chi connectivity index (χ1v) is 14.5. The van der Waals surface area contributed by atoms with Crippen molar-refractivity contribution in [1.82, 2.24) is 0 Å². The Hall–Kier alpha value is -5.15. The third kappa shape index (κ3) is 3.85. The van der Waals surface area contributed by atoms with Gasteiger partial charge in [-0.3, -0.25) is 4.99 Å². The summed E-state index contributed by atoms with van der Waals surface area (Å²) in [6.45, 7) is 0.638. The van der Waals surface area contributed by atoms with Crippen LogP contribution in [0.2, 0.25) is 0 Å². The molecule has 0 radical (unpaired) electrons. The maximum absolute atomic E-state index is 6.88. The molecule has 0 saturated heterocycles. The van der Waals surface area contributed by atoms with Crippen molar-refractivity contribution in [3.63, 3.8) is 0 Å². The van der Waals surface area contributed by atoms with Crippen LogP contribution in [0.3, 0.4) is 0 Å². The molecular weight excluding hydrogens is 514 g/mol. The Labute approximate surface area is 246 Å². The number of fused-ring (bicyclic) bond motifs is 5. The molecule has 3 heteroatoms. The van der Waals surface area contributed by atoms with E-state index in [0.717, 1.165) is 17.1 Å². The van der Waals surface area contributed by atoms with Crippen molar-refractivity contribution >= 4 is 11.8 Å². The van der Waals surface area contributed by atoms with E-state index in [9.17, 15) is 0 Å². The Kier molecular flexibility index (Phi) is 5.89. The van der Waals surface area contributed by atoms with Gasteiger partial charge >= 0.3 is 0 Å². The lowest BCUT2D eigenvalue weighted by atomic mass is 9.66. The van der Waals surface area contributed by atoms with E-state index in [1.54, 1.807) is 0 Å². The molecule has 8 rings (SSSR count). The van der Waals surface area contributed by atoms with E-state index in [4.69, 9.17) is 9.47 Å². The van der Waals surface area contributed by atoms with Crippen LogP contribution in [0.25, 0.3) is 5.57 Å². The van der Waals surface area contributed by atoms with Crippen molar-refractivity contribution in [2.75, 3.05) is 0 Å². The maximum atomic E-state index is 6.88. The summed E-state index contributed by atoms with van der Waals surface area (Å²) in [6.07, 6.45) is 5.87. The van der Waals surface area contributed by atoms with Gasteiger partial charge in [0.15, 0.2) is 23.7 Å². The number of allylic oxidation sites excluding steroid dienone is 2. The standard InChI is InChI=1S/C39H29NO2/c1-4-12-27(13-5-1)25-40-26-28-20-22-34-36(24-28)42-38-35(41-34)23-21-33-37(38)31-18-10-11-19-32(31)39(33,29-14-6-2-7-15-29)30-16-8-3-9-17-30/h1-24,26,35,38H,25H2. The Balaban J connectivity index is 1.23. The molecule has 2 aliphatic carbocycles. The second kappa shape index (κ2) is 10.0. The Morgan fingerprint density at radius 3 is 2.07 bits per heavy atom. The van der Waals surface area contributed by atoms with Crippen LogP contribution in [0.15, 0.2) is 156 Å². The van der Waals surface area contributed by atoms with Crippen LogP contribution in [0.4, 0.5) is 0 Å². The summed E-state index contributed by atoms with van der Waals surface area (Å²) >= 11 is 0. The highest BCUT2D eigenvalue weighted by Crippen LogP contribution is 2.58. The molecule has 1 aliphatic heterocycles. The SMILES string of the molecule is C1=CC2Oc3ccc(C=NCc4ccccc4)cc3OC2C2=C1C(c1ccccc1)(c1ccccc1)c1ccccc12. The fourth-order valence-corrected chi connectivity index (χ4v) is 6.82. The molecule has 0 saturated carbocycles. The second-order valence-electron chi connectivity index (χ2n) is 11.0. The zero-order chi connectivity index (χ0) is 27.9. The molecule has 0 bridgehead atoms. The molecule has 2 unspecified atom stereocenters. The molecule has 0 N–H and O–H groups in total. The number of hydrogen-bond acceptors (Lipinski definition) is 3. The van der Waals surface area contributed by atoms with Crippen molar-refractivity contribution in [3.8, 4) is 11.5 Å². The third-order valence-corrected chi connectivity index (χ3v) is 8.61. The first-order chi connectivity index (χ1) is 20.8. The van der Waals surface area contributed by atoms with Gasteiger partial charge in [-0.05, 0) is 63.2 Å². The van der Waals surface area contributed by atoms with Gasteiger partial charge < -0.3 is 9.47 Å². The average Bonchev–Trinajstić information content (AvgIpc) is 3.37. The van der Waals surface area contributed by atoms with E-state index in [1.165, 1.54) is 39.0 Å². The summed E-state index contributed by atoms with van der Waals surface area (Å²) < 4.78 is 13.5. The summed E-state index contributed by atoms with van der Waals surface area (Å²) in [4.78, 5) is 4.67. The Morgan fingerprint density at radius 1 is 0.667 bits per heavy atom. The van der Waals surface area contributed by atoms with E-state index in [-0.39, 0.29) is 12.2 Å². The summed E-state index contributed by atoms with van der Waals surface area (Å²) in [5.41, 5.74) is 9.13. The molecule has 3 nitrogen and oxygen atoms in total. The van der Waals surface area contributed by atoms with Crippen LogP contribution < -0.4 is 9.47 Å². The lowest BCUT2D eigenvalue weighted by molar-refractivity contribution is 0.0811. The van der Waals surface area contributed by atoms with E-state index in [2.05, 4.69) is 114 Å². The number of hydrogen-bond donors (Lipinski definition) is 0. The van der Waals surface area contributed by atoms with Crippen molar-refractivity contribution in [1.29, 1.82) is 0 Å². The predicted molar refractivity (Wildman–Crippen MR) is 168 cm³/mol. The molecule has 0 fully saturated rings. The molecule has 2 atom stereocenters. The van der Waals surface area contributed by atoms with Crippen LogP contribution >= 0.6 is 0 Å². The quantitative estimate of drug-likeness (QED) is 0.209. The minimum absolute atomic E-state index is 0.218. The van der Waals surface area contributed by atoms with Crippen LogP contribution in [-0.2, 0) is 12.0 Å². The maximum Gasteiger partial charge on any atom is 0.165 e. The zero-order valence-corrected chi connectivity index (χ0v) is 23.1. The first-order valence-electron chi connectivity index (χ1n) is 14.5. The Bertz CT molecular complexity index is 1820. The summed E-state index contributed by atoms with van der Waals surface area (Å²) in [5.74, 6) is 1.50. The molecule has 5 aromatic carbocycles. The van der Waals surface area contributed by atoms with Gasteiger partial charge in [0.25, 0.3) is 0 Å². The van der Waals surface area contributed by atoms with Gasteiger partial charge in [0.2, 0.25) is 0 Å². The fraction of sp³-hybridized carbons (Fsp3) is 0.103. The number of nitrogens with zero attached hydrogens (tertiary/aromatic N) is 1. The monoisotopic (exact) mass is 543 g/mol. The van der Waals surface area contributed by atoms with Crippen molar-refractivity contribution in [2.45, 2.75) is 24.2 Å². The lowest BCUT2D eigenvalue weighted by Crippen LogP contribution is -2.41. The molecule has 1 heterocycles. The van der Waals surface area contributed by atoms with Crippen molar-refractivity contribution < 1.29 is 9.47 Å². The summed E-state index contributed by atoms with van der Waals surface area (Å²) in [5, 5.41) is 0. The third-order valence-electron chi connectivity index (χ3n) is 8.61. The average molecular weight is 544 g/mol. The largest absolute Gasteiger partial charge is 0.478 e. The number of ether oxygens (including phenoxy) is 2.